The van der Waals surface area contributed by atoms with E-state index in [1.807, 2.05) is 12.1 Å². The Balaban J connectivity index is 1.93. The van der Waals surface area contributed by atoms with Gasteiger partial charge in [-0.25, -0.2) is 4.79 Å². The molecule has 0 saturated heterocycles. The summed E-state index contributed by atoms with van der Waals surface area (Å²) in [6, 6.07) is 11.7. The van der Waals surface area contributed by atoms with Crippen LogP contribution in [0.4, 0.5) is 0 Å². The number of hydrogen-bond donors (Lipinski definition) is 1. The molecule has 1 heterocycles. The van der Waals surface area contributed by atoms with Crippen LogP contribution in [0.15, 0.2) is 45.3 Å². The molecule has 0 amide bonds. The Morgan fingerprint density at radius 1 is 1.30 bits per heavy atom. The van der Waals surface area contributed by atoms with E-state index in [-0.39, 0.29) is 11.8 Å². The summed E-state index contributed by atoms with van der Waals surface area (Å²) in [4.78, 5) is 11.3. The number of benzene rings is 1. The summed E-state index contributed by atoms with van der Waals surface area (Å²) in [6.45, 7) is 2.63. The molecule has 0 saturated carbocycles. The van der Waals surface area contributed by atoms with Gasteiger partial charge in [-0.3, -0.25) is 0 Å². The Kier molecular flexibility index (Phi) is 4.98. The van der Waals surface area contributed by atoms with Crippen LogP contribution in [0.3, 0.4) is 0 Å². The quantitative estimate of drug-likeness (QED) is 0.845. The number of carbonyl (C=O) groups excluding carboxylic acids is 1. The molecule has 0 aliphatic rings. The molecule has 0 spiro atoms. The Hall–Kier alpha value is -1.59. The lowest BCUT2D eigenvalue weighted by Crippen LogP contribution is -2.17. The van der Waals surface area contributed by atoms with Crippen LogP contribution in [0.25, 0.3) is 0 Å². The third kappa shape index (κ3) is 3.71. The smallest absolute Gasteiger partial charge is 0.373 e. The van der Waals surface area contributed by atoms with Gasteiger partial charge in [-0.1, -0.05) is 28.1 Å². The fourth-order valence-corrected chi connectivity index (χ4v) is 2.07. The van der Waals surface area contributed by atoms with E-state index in [1.54, 1.807) is 12.1 Å². The van der Waals surface area contributed by atoms with E-state index in [2.05, 4.69) is 45.0 Å². The second-order valence-corrected chi connectivity index (χ2v) is 5.33. The summed E-state index contributed by atoms with van der Waals surface area (Å²) >= 11 is 3.41. The lowest BCUT2D eigenvalue weighted by atomic mass is 10.1. The van der Waals surface area contributed by atoms with Crippen molar-refractivity contribution in [2.45, 2.75) is 19.5 Å². The Bertz CT molecular complexity index is 577. The lowest BCUT2D eigenvalue weighted by molar-refractivity contribution is 0.0563. The van der Waals surface area contributed by atoms with E-state index >= 15 is 0 Å². The summed E-state index contributed by atoms with van der Waals surface area (Å²) in [7, 11) is 1.33. The SMILES string of the molecule is COC(=O)c1ccc(CNC(C)c2ccc(Br)cc2)o1. The van der Waals surface area contributed by atoms with Crippen molar-refractivity contribution >= 4 is 21.9 Å². The minimum Gasteiger partial charge on any atom is -0.463 e. The summed E-state index contributed by atoms with van der Waals surface area (Å²) in [6.07, 6.45) is 0. The van der Waals surface area contributed by atoms with Gasteiger partial charge in [-0.2, -0.15) is 0 Å². The molecule has 106 valence electrons. The van der Waals surface area contributed by atoms with Gasteiger partial charge in [-0.05, 0) is 36.8 Å². The average Bonchev–Trinajstić information content (AvgIpc) is 2.93. The fraction of sp³-hybridized carbons (Fsp3) is 0.267. The molecule has 0 bridgehead atoms. The summed E-state index contributed by atoms with van der Waals surface area (Å²) in [5.74, 6) is 0.465. The van der Waals surface area contributed by atoms with Gasteiger partial charge in [0.1, 0.15) is 5.76 Å². The maximum Gasteiger partial charge on any atom is 0.373 e. The van der Waals surface area contributed by atoms with Gasteiger partial charge in [0.15, 0.2) is 0 Å². The van der Waals surface area contributed by atoms with Crippen molar-refractivity contribution in [2.75, 3.05) is 7.11 Å². The molecule has 0 aliphatic carbocycles. The zero-order chi connectivity index (χ0) is 14.5. The predicted molar refractivity (Wildman–Crippen MR) is 79.4 cm³/mol. The van der Waals surface area contributed by atoms with E-state index in [9.17, 15) is 4.79 Å². The normalized spacial score (nSPS) is 12.2. The third-order valence-corrected chi connectivity index (χ3v) is 3.53. The first-order chi connectivity index (χ1) is 9.60. The van der Waals surface area contributed by atoms with Gasteiger partial charge in [-0.15, -0.1) is 0 Å². The van der Waals surface area contributed by atoms with E-state index < -0.39 is 5.97 Å². The highest BCUT2D eigenvalue weighted by molar-refractivity contribution is 9.10. The van der Waals surface area contributed by atoms with Gasteiger partial charge in [0.25, 0.3) is 0 Å². The molecular formula is C15H16BrNO3. The van der Waals surface area contributed by atoms with Gasteiger partial charge in [0.2, 0.25) is 5.76 Å². The van der Waals surface area contributed by atoms with Crippen LogP contribution in [0.1, 0.15) is 34.8 Å². The number of carbonyl (C=O) groups is 1. The summed E-state index contributed by atoms with van der Waals surface area (Å²) in [5.41, 5.74) is 1.19. The molecule has 0 radical (unpaired) electrons. The lowest BCUT2D eigenvalue weighted by Gasteiger charge is -2.13. The molecule has 0 aliphatic heterocycles. The Labute approximate surface area is 126 Å². The highest BCUT2D eigenvalue weighted by atomic mass is 79.9. The van der Waals surface area contributed by atoms with Crippen LogP contribution in [-0.2, 0) is 11.3 Å². The zero-order valence-corrected chi connectivity index (χ0v) is 12.9. The molecule has 1 atom stereocenters. The number of rotatable bonds is 5. The molecule has 2 rings (SSSR count). The molecule has 5 heteroatoms. The molecule has 2 aromatic rings. The molecule has 1 unspecified atom stereocenters. The standard InChI is InChI=1S/C15H16BrNO3/c1-10(11-3-5-12(16)6-4-11)17-9-13-7-8-14(20-13)15(18)19-2/h3-8,10,17H,9H2,1-2H3. The molecule has 20 heavy (non-hydrogen) atoms. The van der Waals surface area contributed by atoms with Crippen LogP contribution in [-0.4, -0.2) is 13.1 Å². The van der Waals surface area contributed by atoms with Crippen LogP contribution < -0.4 is 5.32 Å². The predicted octanol–water partition coefficient (Wildman–Crippen LogP) is 3.68. The number of esters is 1. The second-order valence-electron chi connectivity index (χ2n) is 4.41. The van der Waals surface area contributed by atoms with E-state index in [1.165, 1.54) is 12.7 Å². The number of methoxy groups -OCH3 is 1. The first kappa shape index (κ1) is 14.8. The van der Waals surface area contributed by atoms with Crippen molar-refractivity contribution in [2.24, 2.45) is 0 Å². The Morgan fingerprint density at radius 3 is 2.65 bits per heavy atom. The summed E-state index contributed by atoms with van der Waals surface area (Å²) < 4.78 is 11.1. The van der Waals surface area contributed by atoms with Gasteiger partial charge >= 0.3 is 5.97 Å². The first-order valence-corrected chi connectivity index (χ1v) is 7.05. The van der Waals surface area contributed by atoms with Gasteiger partial charge < -0.3 is 14.5 Å². The van der Waals surface area contributed by atoms with Crippen LogP contribution in [0.2, 0.25) is 0 Å². The second kappa shape index (κ2) is 6.72. The highest BCUT2D eigenvalue weighted by Crippen LogP contribution is 2.17. The fourth-order valence-electron chi connectivity index (χ4n) is 1.81. The van der Waals surface area contributed by atoms with Crippen molar-refractivity contribution in [3.05, 3.63) is 58.0 Å². The van der Waals surface area contributed by atoms with Crippen molar-refractivity contribution < 1.29 is 13.9 Å². The average molecular weight is 338 g/mol. The van der Waals surface area contributed by atoms with Crippen LogP contribution in [0.5, 0.6) is 0 Å². The van der Waals surface area contributed by atoms with E-state index in [0.29, 0.717) is 12.3 Å². The van der Waals surface area contributed by atoms with Gasteiger partial charge in [0.05, 0.1) is 13.7 Å². The summed E-state index contributed by atoms with van der Waals surface area (Å²) in [5, 5.41) is 3.34. The maximum atomic E-state index is 11.3. The molecule has 1 N–H and O–H groups in total. The topological polar surface area (TPSA) is 51.5 Å². The monoisotopic (exact) mass is 337 g/mol. The third-order valence-electron chi connectivity index (χ3n) is 3.00. The molecule has 1 aromatic heterocycles. The number of ether oxygens (including phenoxy) is 1. The number of halogens is 1. The first-order valence-electron chi connectivity index (χ1n) is 6.26. The van der Waals surface area contributed by atoms with Crippen LogP contribution in [0, 0.1) is 0 Å². The van der Waals surface area contributed by atoms with E-state index in [4.69, 9.17) is 4.42 Å². The highest BCUT2D eigenvalue weighted by Gasteiger charge is 2.12. The van der Waals surface area contributed by atoms with Crippen molar-refractivity contribution in [1.29, 1.82) is 0 Å². The molecular weight excluding hydrogens is 322 g/mol. The van der Waals surface area contributed by atoms with Crippen LogP contribution >= 0.6 is 15.9 Å². The number of nitrogens with one attached hydrogen (secondary N) is 1. The molecule has 4 nitrogen and oxygen atoms in total. The number of hydrogen-bond acceptors (Lipinski definition) is 4. The minimum absolute atomic E-state index is 0.190. The molecule has 0 fully saturated rings. The van der Waals surface area contributed by atoms with E-state index in [0.717, 1.165) is 4.47 Å². The van der Waals surface area contributed by atoms with Crippen molar-refractivity contribution in [3.63, 3.8) is 0 Å². The minimum atomic E-state index is -0.461. The Morgan fingerprint density at radius 2 is 2.00 bits per heavy atom. The molecule has 1 aromatic carbocycles. The number of furan rings is 1. The van der Waals surface area contributed by atoms with Crippen molar-refractivity contribution in [1.82, 2.24) is 5.32 Å². The largest absolute Gasteiger partial charge is 0.463 e. The van der Waals surface area contributed by atoms with Gasteiger partial charge in [0, 0.05) is 10.5 Å². The maximum absolute atomic E-state index is 11.3. The van der Waals surface area contributed by atoms with Crippen molar-refractivity contribution in [3.8, 4) is 0 Å². The zero-order valence-electron chi connectivity index (χ0n) is 11.4.